The Labute approximate surface area is 162 Å². The molecule has 0 fully saturated rings. The molecule has 2 heterocycles. The predicted molar refractivity (Wildman–Crippen MR) is 104 cm³/mol. The summed E-state index contributed by atoms with van der Waals surface area (Å²) in [5.41, 5.74) is 7.94. The molecule has 0 saturated heterocycles. The molecule has 0 bridgehead atoms. The van der Waals surface area contributed by atoms with Gasteiger partial charge in [-0.2, -0.15) is 0 Å². The maximum absolute atomic E-state index is 12.9. The maximum Gasteiger partial charge on any atom is 0.287 e. The van der Waals surface area contributed by atoms with E-state index in [1.807, 2.05) is 43.3 Å². The highest BCUT2D eigenvalue weighted by atomic mass is 16.2. The second-order valence-electron chi connectivity index (χ2n) is 6.52. The number of amides is 2. The minimum absolute atomic E-state index is 0.166. The second kappa shape index (κ2) is 8.39. The molecule has 2 aromatic rings. The molecule has 7 nitrogen and oxygen atoms in total. The van der Waals surface area contributed by atoms with Gasteiger partial charge in [-0.1, -0.05) is 36.4 Å². The Morgan fingerprint density at radius 1 is 1.14 bits per heavy atom. The number of carbonyl (C=O) groups excluding carboxylic acids is 3. The van der Waals surface area contributed by atoms with Crippen molar-refractivity contribution < 1.29 is 14.4 Å². The molecule has 0 aliphatic carbocycles. The van der Waals surface area contributed by atoms with Crippen LogP contribution in [-0.2, 0) is 20.8 Å². The number of carbonyl (C=O) groups is 3. The van der Waals surface area contributed by atoms with E-state index in [4.69, 9.17) is 5.73 Å². The summed E-state index contributed by atoms with van der Waals surface area (Å²) in [4.78, 5) is 45.0. The number of ketones is 1. The molecule has 1 aromatic heterocycles. The van der Waals surface area contributed by atoms with E-state index in [9.17, 15) is 14.4 Å². The van der Waals surface area contributed by atoms with Gasteiger partial charge in [-0.25, -0.2) is 0 Å². The highest BCUT2D eigenvalue weighted by Crippen LogP contribution is 2.30. The van der Waals surface area contributed by atoms with Gasteiger partial charge in [0, 0.05) is 36.3 Å². The summed E-state index contributed by atoms with van der Waals surface area (Å²) in [5, 5.41) is 2.66. The lowest BCUT2D eigenvalue weighted by Crippen LogP contribution is -2.48. The number of primary amides is 1. The number of aromatic nitrogens is 1. The van der Waals surface area contributed by atoms with Crippen LogP contribution in [0.4, 0.5) is 0 Å². The van der Waals surface area contributed by atoms with Crippen LogP contribution >= 0.6 is 0 Å². The molecule has 1 aliphatic heterocycles. The van der Waals surface area contributed by atoms with E-state index < -0.39 is 23.6 Å². The molecule has 28 heavy (non-hydrogen) atoms. The first-order valence-corrected chi connectivity index (χ1v) is 8.80. The van der Waals surface area contributed by atoms with Gasteiger partial charge in [0.25, 0.3) is 5.91 Å². The van der Waals surface area contributed by atoms with Crippen LogP contribution in [0.5, 0.6) is 0 Å². The number of benzene rings is 1. The Bertz CT molecular complexity index is 952. The third-order valence-corrected chi connectivity index (χ3v) is 4.56. The van der Waals surface area contributed by atoms with Crippen LogP contribution in [0.1, 0.15) is 24.0 Å². The molecule has 0 radical (unpaired) electrons. The van der Waals surface area contributed by atoms with Crippen molar-refractivity contribution in [2.75, 3.05) is 0 Å². The SMILES string of the molecule is CC1=NC=C(C(=O)NC(Cc2ccccc2)C(=O)C(N)=O)C1c1cccnc1. The van der Waals surface area contributed by atoms with Crippen LogP contribution < -0.4 is 11.1 Å². The van der Waals surface area contributed by atoms with Crippen molar-refractivity contribution >= 4 is 23.3 Å². The molecule has 2 unspecified atom stereocenters. The zero-order chi connectivity index (χ0) is 20.1. The topological polar surface area (TPSA) is 115 Å². The molecule has 142 valence electrons. The monoisotopic (exact) mass is 376 g/mol. The standard InChI is InChI=1S/C21H20N4O3/c1-13-18(15-8-5-9-23-11-15)16(12-24-13)21(28)25-17(19(26)20(22)27)10-14-6-3-2-4-7-14/h2-9,11-12,17-18H,10H2,1H3,(H2,22,27)(H,25,28). The molecule has 0 spiro atoms. The lowest BCUT2D eigenvalue weighted by Gasteiger charge is -2.20. The van der Waals surface area contributed by atoms with Crippen molar-refractivity contribution in [2.45, 2.75) is 25.3 Å². The van der Waals surface area contributed by atoms with E-state index >= 15 is 0 Å². The van der Waals surface area contributed by atoms with Crippen LogP contribution in [0.3, 0.4) is 0 Å². The van der Waals surface area contributed by atoms with Crippen LogP contribution in [0, 0.1) is 0 Å². The van der Waals surface area contributed by atoms with Gasteiger partial charge >= 0.3 is 0 Å². The average molecular weight is 376 g/mol. The fraction of sp³-hybridized carbons (Fsp3) is 0.190. The molecule has 3 N–H and O–H groups in total. The number of rotatable bonds is 7. The number of nitrogens with two attached hydrogens (primary N) is 1. The molecular formula is C21H20N4O3. The first kappa shape index (κ1) is 19.2. The average Bonchev–Trinajstić information content (AvgIpc) is 3.09. The Hall–Kier alpha value is -3.61. The van der Waals surface area contributed by atoms with Crippen molar-refractivity contribution in [2.24, 2.45) is 10.7 Å². The van der Waals surface area contributed by atoms with E-state index in [1.165, 1.54) is 6.20 Å². The summed E-state index contributed by atoms with van der Waals surface area (Å²) in [5.74, 6) is -2.75. The van der Waals surface area contributed by atoms with E-state index in [1.54, 1.807) is 18.5 Å². The van der Waals surface area contributed by atoms with Crippen LogP contribution in [-0.4, -0.2) is 34.3 Å². The minimum atomic E-state index is -1.09. The van der Waals surface area contributed by atoms with Crippen molar-refractivity contribution in [1.82, 2.24) is 10.3 Å². The fourth-order valence-corrected chi connectivity index (χ4v) is 3.18. The number of nitrogens with zero attached hydrogens (tertiary/aromatic N) is 2. The normalized spacial score (nSPS) is 16.7. The smallest absolute Gasteiger partial charge is 0.287 e. The number of nitrogens with one attached hydrogen (secondary N) is 1. The lowest BCUT2D eigenvalue weighted by molar-refractivity contribution is -0.138. The number of hydrogen-bond acceptors (Lipinski definition) is 5. The predicted octanol–water partition coefficient (Wildman–Crippen LogP) is 1.31. The molecular weight excluding hydrogens is 356 g/mol. The maximum atomic E-state index is 12.9. The summed E-state index contributed by atoms with van der Waals surface area (Å²) in [7, 11) is 0. The van der Waals surface area contributed by atoms with Crippen molar-refractivity contribution in [3.05, 3.63) is 77.8 Å². The molecule has 2 amide bonds. The van der Waals surface area contributed by atoms with Crippen molar-refractivity contribution in [3.8, 4) is 0 Å². The van der Waals surface area contributed by atoms with Gasteiger partial charge in [0.1, 0.15) is 6.04 Å². The largest absolute Gasteiger partial charge is 0.363 e. The summed E-state index contributed by atoms with van der Waals surface area (Å²) in [6, 6.07) is 11.7. The number of Topliss-reactive ketones (excluding diaryl/α,β-unsaturated/α-hetero) is 1. The van der Waals surface area contributed by atoms with Gasteiger partial charge in [-0.3, -0.25) is 24.4 Å². The second-order valence-corrected chi connectivity index (χ2v) is 6.52. The van der Waals surface area contributed by atoms with Crippen molar-refractivity contribution in [3.63, 3.8) is 0 Å². The molecule has 0 saturated carbocycles. The van der Waals surface area contributed by atoms with Gasteiger partial charge < -0.3 is 11.1 Å². The first-order valence-electron chi connectivity index (χ1n) is 8.80. The van der Waals surface area contributed by atoms with E-state index in [0.29, 0.717) is 5.57 Å². The summed E-state index contributed by atoms with van der Waals surface area (Å²) in [6.07, 6.45) is 4.97. The highest BCUT2D eigenvalue weighted by molar-refractivity contribution is 6.38. The Kier molecular flexibility index (Phi) is 5.74. The first-order chi connectivity index (χ1) is 13.5. The summed E-state index contributed by atoms with van der Waals surface area (Å²) in [6.45, 7) is 1.82. The van der Waals surface area contributed by atoms with E-state index in [0.717, 1.165) is 16.8 Å². The molecule has 1 aromatic carbocycles. The van der Waals surface area contributed by atoms with Gasteiger partial charge in [0.2, 0.25) is 11.7 Å². The van der Waals surface area contributed by atoms with E-state index in [-0.39, 0.29) is 12.3 Å². The Morgan fingerprint density at radius 3 is 2.54 bits per heavy atom. The highest BCUT2D eigenvalue weighted by Gasteiger charge is 2.32. The number of pyridine rings is 1. The molecule has 7 heteroatoms. The lowest BCUT2D eigenvalue weighted by atomic mass is 9.89. The zero-order valence-electron chi connectivity index (χ0n) is 15.3. The summed E-state index contributed by atoms with van der Waals surface area (Å²) < 4.78 is 0. The van der Waals surface area contributed by atoms with Crippen LogP contribution in [0.2, 0.25) is 0 Å². The Morgan fingerprint density at radius 2 is 1.89 bits per heavy atom. The van der Waals surface area contributed by atoms with Gasteiger partial charge in [0.05, 0.1) is 5.92 Å². The van der Waals surface area contributed by atoms with Crippen LogP contribution in [0.25, 0.3) is 0 Å². The summed E-state index contributed by atoms with van der Waals surface area (Å²) >= 11 is 0. The number of aliphatic imine (C=N–C) groups is 1. The molecule has 3 rings (SSSR count). The molecule has 1 aliphatic rings. The van der Waals surface area contributed by atoms with Gasteiger partial charge in [-0.05, 0) is 24.1 Å². The zero-order valence-corrected chi connectivity index (χ0v) is 15.3. The van der Waals surface area contributed by atoms with E-state index in [2.05, 4.69) is 15.3 Å². The van der Waals surface area contributed by atoms with Crippen molar-refractivity contribution in [1.29, 1.82) is 0 Å². The third-order valence-electron chi connectivity index (χ3n) is 4.56. The third kappa shape index (κ3) is 4.20. The number of hydrogen-bond donors (Lipinski definition) is 2. The molecule has 2 atom stereocenters. The van der Waals surface area contributed by atoms with Crippen LogP contribution in [0.15, 0.2) is 71.6 Å². The fourth-order valence-electron chi connectivity index (χ4n) is 3.18. The van der Waals surface area contributed by atoms with Gasteiger partial charge in [0.15, 0.2) is 0 Å². The Balaban J connectivity index is 1.81. The minimum Gasteiger partial charge on any atom is -0.363 e. The quantitative estimate of drug-likeness (QED) is 0.709. The van der Waals surface area contributed by atoms with Gasteiger partial charge in [-0.15, -0.1) is 0 Å².